The largest absolute Gasteiger partial charge is 0.488 e. The van der Waals surface area contributed by atoms with Gasteiger partial charge in [-0.2, -0.15) is 0 Å². The third kappa shape index (κ3) is 3.40. The van der Waals surface area contributed by atoms with Gasteiger partial charge in [-0.25, -0.2) is 0 Å². The molecule has 1 aliphatic rings. The van der Waals surface area contributed by atoms with Crippen molar-refractivity contribution in [3.8, 4) is 16.9 Å². The Hall–Kier alpha value is -2.04. The van der Waals surface area contributed by atoms with Gasteiger partial charge in [0, 0.05) is 36.5 Å². The molecule has 3 rings (SSSR count). The van der Waals surface area contributed by atoms with Gasteiger partial charge in [0.2, 0.25) is 5.91 Å². The van der Waals surface area contributed by atoms with Crippen LogP contribution in [0.1, 0.15) is 24.5 Å². The number of rotatable bonds is 5. The molecule has 0 saturated carbocycles. The zero-order chi connectivity index (χ0) is 17.1. The number of nitrogens with one attached hydrogen (secondary N) is 1. The number of fused-ring (bicyclic) bond motifs is 1. The molecule has 5 heteroatoms. The summed E-state index contributed by atoms with van der Waals surface area (Å²) in [5, 5.41) is 3.61. The van der Waals surface area contributed by atoms with Gasteiger partial charge in [0.1, 0.15) is 11.9 Å². The van der Waals surface area contributed by atoms with E-state index in [4.69, 9.17) is 22.1 Å². The normalized spacial score (nSPS) is 15.7. The number of nitrogens with two attached hydrogens (primary N) is 1. The number of hydrogen-bond acceptors (Lipinski definition) is 3. The molecule has 0 radical (unpaired) electrons. The van der Waals surface area contributed by atoms with Crippen LogP contribution in [0.3, 0.4) is 0 Å². The summed E-state index contributed by atoms with van der Waals surface area (Å²) in [5.41, 5.74) is 9.85. The summed E-state index contributed by atoms with van der Waals surface area (Å²) >= 11 is 6.32. The summed E-state index contributed by atoms with van der Waals surface area (Å²) in [7, 11) is 0. The van der Waals surface area contributed by atoms with Crippen molar-refractivity contribution in [2.45, 2.75) is 32.4 Å². The Morgan fingerprint density at radius 2 is 2.12 bits per heavy atom. The zero-order valence-electron chi connectivity index (χ0n) is 13.6. The van der Waals surface area contributed by atoms with Crippen LogP contribution in [0.5, 0.6) is 5.75 Å². The maximum Gasteiger partial charge on any atom is 0.219 e. The van der Waals surface area contributed by atoms with Gasteiger partial charge in [0.15, 0.2) is 0 Å². The molecule has 1 heterocycles. The number of halogens is 1. The second-order valence-corrected chi connectivity index (χ2v) is 6.35. The average Bonchev–Trinajstić information content (AvgIpc) is 3.02. The second kappa shape index (κ2) is 7.24. The lowest BCUT2D eigenvalue weighted by Crippen LogP contribution is -2.24. The van der Waals surface area contributed by atoms with Crippen LogP contribution >= 0.6 is 11.6 Å². The molecular formula is C19H21ClN2O2. The van der Waals surface area contributed by atoms with E-state index in [1.807, 2.05) is 43.3 Å². The fraction of sp³-hybridized carbons (Fsp3) is 0.316. The highest BCUT2D eigenvalue weighted by Crippen LogP contribution is 2.42. The minimum Gasteiger partial charge on any atom is -0.488 e. The van der Waals surface area contributed by atoms with Gasteiger partial charge in [-0.05, 0) is 28.8 Å². The summed E-state index contributed by atoms with van der Waals surface area (Å²) in [6.07, 6.45) is 1.23. The minimum absolute atomic E-state index is 0.0100. The number of ether oxygens (including phenoxy) is 1. The maximum absolute atomic E-state index is 11.6. The first-order valence-corrected chi connectivity index (χ1v) is 8.54. The van der Waals surface area contributed by atoms with Crippen LogP contribution in [0.2, 0.25) is 5.02 Å². The number of carbonyl (C=O) groups is 1. The fourth-order valence-electron chi connectivity index (χ4n) is 2.98. The molecule has 1 aliphatic heterocycles. The quantitative estimate of drug-likeness (QED) is 0.874. The van der Waals surface area contributed by atoms with E-state index in [1.54, 1.807) is 0 Å². The first kappa shape index (κ1) is 16.8. The summed E-state index contributed by atoms with van der Waals surface area (Å²) in [5.74, 6) is 0.879. The molecule has 3 N–H and O–H groups in total. The lowest BCUT2D eigenvalue weighted by Gasteiger charge is -2.15. The van der Waals surface area contributed by atoms with Crippen molar-refractivity contribution in [3.05, 3.63) is 52.5 Å². The maximum atomic E-state index is 11.6. The molecular weight excluding hydrogens is 324 g/mol. The van der Waals surface area contributed by atoms with Crippen LogP contribution in [0.15, 0.2) is 36.4 Å². The molecule has 2 aromatic rings. The first-order valence-electron chi connectivity index (χ1n) is 8.16. The van der Waals surface area contributed by atoms with Gasteiger partial charge in [-0.3, -0.25) is 4.79 Å². The Bertz CT molecular complexity index is 761. The number of carbonyl (C=O) groups excluding carboxylic acids is 1. The standard InChI is InChI=1S/C19H21ClN2O2/c1-2-18(23)22-11-12-5-3-4-6-16(12)17-9-14(20)7-13-8-15(10-21)24-19(13)17/h3-7,9,15H,2,8,10-11,21H2,1H3,(H,22,23)/t15-/m1/s1. The molecule has 1 amide bonds. The van der Waals surface area contributed by atoms with Crippen molar-refractivity contribution in [3.63, 3.8) is 0 Å². The van der Waals surface area contributed by atoms with Gasteiger partial charge < -0.3 is 15.8 Å². The van der Waals surface area contributed by atoms with E-state index in [0.717, 1.165) is 34.4 Å². The van der Waals surface area contributed by atoms with Crippen LogP contribution < -0.4 is 15.8 Å². The smallest absolute Gasteiger partial charge is 0.219 e. The molecule has 126 valence electrons. The van der Waals surface area contributed by atoms with E-state index in [1.165, 1.54) is 0 Å². The second-order valence-electron chi connectivity index (χ2n) is 5.91. The van der Waals surface area contributed by atoms with Crippen molar-refractivity contribution in [1.29, 1.82) is 0 Å². The number of benzene rings is 2. The van der Waals surface area contributed by atoms with Gasteiger partial charge in [-0.15, -0.1) is 0 Å². The monoisotopic (exact) mass is 344 g/mol. The fourth-order valence-corrected chi connectivity index (χ4v) is 3.22. The molecule has 0 fully saturated rings. The molecule has 0 unspecified atom stereocenters. The van der Waals surface area contributed by atoms with Crippen LogP contribution in [-0.4, -0.2) is 18.6 Å². The number of hydrogen-bond donors (Lipinski definition) is 2. The van der Waals surface area contributed by atoms with E-state index < -0.39 is 0 Å². The highest BCUT2D eigenvalue weighted by atomic mass is 35.5. The molecule has 2 aromatic carbocycles. The highest BCUT2D eigenvalue weighted by Gasteiger charge is 2.26. The van der Waals surface area contributed by atoms with Crippen molar-refractivity contribution in [2.75, 3.05) is 6.54 Å². The molecule has 0 aromatic heterocycles. The van der Waals surface area contributed by atoms with Crippen molar-refractivity contribution >= 4 is 17.5 Å². The van der Waals surface area contributed by atoms with E-state index in [2.05, 4.69) is 5.32 Å². The van der Waals surface area contributed by atoms with Gasteiger partial charge in [0.05, 0.1) is 0 Å². The summed E-state index contributed by atoms with van der Waals surface area (Å²) in [6.45, 7) is 2.79. The van der Waals surface area contributed by atoms with Crippen molar-refractivity contribution in [2.24, 2.45) is 5.73 Å². The minimum atomic E-state index is -0.0100. The third-order valence-electron chi connectivity index (χ3n) is 4.23. The van der Waals surface area contributed by atoms with E-state index in [-0.39, 0.29) is 12.0 Å². The molecule has 1 atom stereocenters. The van der Waals surface area contributed by atoms with Crippen molar-refractivity contribution in [1.82, 2.24) is 5.32 Å². The van der Waals surface area contributed by atoms with Gasteiger partial charge in [0.25, 0.3) is 0 Å². The Labute approximate surface area is 147 Å². The zero-order valence-corrected chi connectivity index (χ0v) is 14.4. The Morgan fingerprint density at radius 3 is 2.88 bits per heavy atom. The van der Waals surface area contributed by atoms with Crippen LogP contribution in [-0.2, 0) is 17.8 Å². The predicted octanol–water partition coefficient (Wildman–Crippen LogP) is 3.30. The summed E-state index contributed by atoms with van der Waals surface area (Å²) in [4.78, 5) is 11.6. The molecule has 0 bridgehead atoms. The average molecular weight is 345 g/mol. The lowest BCUT2D eigenvalue weighted by molar-refractivity contribution is -0.120. The number of amides is 1. The highest BCUT2D eigenvalue weighted by molar-refractivity contribution is 6.31. The van der Waals surface area contributed by atoms with Gasteiger partial charge >= 0.3 is 0 Å². The van der Waals surface area contributed by atoms with Crippen molar-refractivity contribution < 1.29 is 9.53 Å². The molecule has 24 heavy (non-hydrogen) atoms. The first-order chi connectivity index (χ1) is 11.6. The Kier molecular flexibility index (Phi) is 5.07. The molecule has 4 nitrogen and oxygen atoms in total. The Balaban J connectivity index is 2.00. The predicted molar refractivity (Wildman–Crippen MR) is 96.2 cm³/mol. The van der Waals surface area contributed by atoms with E-state index in [0.29, 0.717) is 24.5 Å². The third-order valence-corrected chi connectivity index (χ3v) is 4.45. The topological polar surface area (TPSA) is 64.3 Å². The van der Waals surface area contributed by atoms with Crippen LogP contribution in [0.4, 0.5) is 0 Å². The summed E-state index contributed by atoms with van der Waals surface area (Å²) < 4.78 is 6.03. The lowest BCUT2D eigenvalue weighted by atomic mass is 9.96. The van der Waals surface area contributed by atoms with E-state index >= 15 is 0 Å². The SMILES string of the molecule is CCC(=O)NCc1ccccc1-c1cc(Cl)cc2c1O[C@@H](CN)C2. The van der Waals surface area contributed by atoms with Crippen LogP contribution in [0, 0.1) is 0 Å². The summed E-state index contributed by atoms with van der Waals surface area (Å²) in [6, 6.07) is 11.8. The van der Waals surface area contributed by atoms with E-state index in [9.17, 15) is 4.79 Å². The molecule has 0 spiro atoms. The Morgan fingerprint density at radius 1 is 1.33 bits per heavy atom. The molecule has 0 aliphatic carbocycles. The van der Waals surface area contributed by atoms with Gasteiger partial charge in [-0.1, -0.05) is 42.8 Å². The van der Waals surface area contributed by atoms with Crippen LogP contribution in [0.25, 0.3) is 11.1 Å². The molecule has 0 saturated heterocycles.